The zero-order valence-corrected chi connectivity index (χ0v) is 8.87. The predicted octanol–water partition coefficient (Wildman–Crippen LogP) is 2.24. The molecule has 6 heteroatoms. The number of nitrogens with zero attached hydrogens (tertiary/aromatic N) is 2. The minimum Gasteiger partial charge on any atom is -0.305 e. The highest BCUT2D eigenvalue weighted by Crippen LogP contribution is 2.25. The zero-order valence-electron chi connectivity index (χ0n) is 8.87. The van der Waals surface area contributed by atoms with Gasteiger partial charge < -0.3 is 4.98 Å². The number of rotatable bonds is 2. The first-order valence-electron chi connectivity index (χ1n) is 4.89. The van der Waals surface area contributed by atoms with Crippen LogP contribution in [0.1, 0.15) is 31.9 Å². The van der Waals surface area contributed by atoms with Crippen molar-refractivity contribution in [2.75, 3.05) is 0 Å². The minimum absolute atomic E-state index is 0.0569. The molecule has 2 rings (SSSR count). The summed E-state index contributed by atoms with van der Waals surface area (Å²) in [5.74, 6) is 0. The van der Waals surface area contributed by atoms with Gasteiger partial charge in [-0.15, -0.1) is 0 Å². The summed E-state index contributed by atoms with van der Waals surface area (Å²) in [7, 11) is 0. The highest BCUT2D eigenvalue weighted by atomic mass is 19.3. The van der Waals surface area contributed by atoms with Crippen LogP contribution in [0.2, 0.25) is 0 Å². The van der Waals surface area contributed by atoms with Gasteiger partial charge in [0.1, 0.15) is 0 Å². The highest BCUT2D eigenvalue weighted by molar-refractivity contribution is 5.78. The van der Waals surface area contributed by atoms with Gasteiger partial charge in [-0.05, 0) is 13.8 Å². The second-order valence-electron chi connectivity index (χ2n) is 3.85. The molecule has 2 heterocycles. The first-order valence-corrected chi connectivity index (χ1v) is 4.89. The van der Waals surface area contributed by atoms with Gasteiger partial charge in [0, 0.05) is 29.3 Å². The maximum atomic E-state index is 12.7. The van der Waals surface area contributed by atoms with E-state index in [-0.39, 0.29) is 17.3 Å². The average Bonchev–Trinajstić information content (AvgIpc) is 2.59. The fourth-order valence-electron chi connectivity index (χ4n) is 1.51. The topological polar surface area (TPSA) is 50.7 Å². The molecule has 86 valence electrons. The van der Waals surface area contributed by atoms with Gasteiger partial charge in [0.15, 0.2) is 5.65 Å². The molecule has 1 N–H and O–H groups in total. The number of pyridine rings is 1. The van der Waals surface area contributed by atoms with E-state index in [0.717, 1.165) is 6.07 Å². The van der Waals surface area contributed by atoms with E-state index >= 15 is 0 Å². The number of H-pyrrole nitrogens is 1. The van der Waals surface area contributed by atoms with Crippen molar-refractivity contribution in [3.05, 3.63) is 28.2 Å². The third-order valence-corrected chi connectivity index (χ3v) is 2.34. The molecule has 0 fully saturated rings. The lowest BCUT2D eigenvalue weighted by molar-refractivity contribution is 0.153. The van der Waals surface area contributed by atoms with E-state index < -0.39 is 12.0 Å². The van der Waals surface area contributed by atoms with E-state index in [1.807, 2.05) is 13.8 Å². The van der Waals surface area contributed by atoms with Crippen LogP contribution in [0.5, 0.6) is 0 Å². The Balaban J connectivity index is 2.75. The predicted molar refractivity (Wildman–Crippen MR) is 55.7 cm³/mol. The number of aromatic amines is 1. The minimum atomic E-state index is -2.67. The number of alkyl halides is 2. The second-order valence-corrected chi connectivity index (χ2v) is 3.85. The van der Waals surface area contributed by atoms with Gasteiger partial charge in [-0.1, -0.05) is 0 Å². The Morgan fingerprint density at radius 3 is 2.69 bits per heavy atom. The molecule has 0 radical (unpaired) electrons. The van der Waals surface area contributed by atoms with Crippen LogP contribution < -0.4 is 5.56 Å². The molecular weight excluding hydrogens is 216 g/mol. The summed E-state index contributed by atoms with van der Waals surface area (Å²) in [4.78, 5) is 13.6. The van der Waals surface area contributed by atoms with Crippen LogP contribution in [-0.4, -0.2) is 14.8 Å². The molecule has 2 aromatic heterocycles. The van der Waals surface area contributed by atoms with Crippen molar-refractivity contribution in [3.63, 3.8) is 0 Å². The van der Waals surface area contributed by atoms with Crippen molar-refractivity contribution < 1.29 is 8.78 Å². The Bertz CT molecular complexity index is 571. The van der Waals surface area contributed by atoms with Crippen LogP contribution in [0.4, 0.5) is 8.78 Å². The van der Waals surface area contributed by atoms with Crippen LogP contribution in [0.25, 0.3) is 11.0 Å². The summed E-state index contributed by atoms with van der Waals surface area (Å²) in [6.45, 7) is 3.76. The Kier molecular flexibility index (Phi) is 2.49. The summed E-state index contributed by atoms with van der Waals surface area (Å²) in [5, 5.41) is 4.34. The number of hydrogen-bond donors (Lipinski definition) is 1. The van der Waals surface area contributed by atoms with Crippen molar-refractivity contribution in [2.45, 2.75) is 26.3 Å². The monoisotopic (exact) mass is 227 g/mol. The molecule has 0 unspecified atom stereocenters. The number of halogens is 2. The fraction of sp³-hybridized carbons (Fsp3) is 0.400. The summed E-state index contributed by atoms with van der Waals surface area (Å²) in [6.07, 6.45) is -1.15. The standard InChI is InChI=1S/C10H11F2N3O/c1-5(2)15-4-7-6(9(11)12)3-8(16)13-10(7)14-15/h3-5,9H,1-2H3,(H,13,14,16). The van der Waals surface area contributed by atoms with Gasteiger partial charge >= 0.3 is 0 Å². The highest BCUT2D eigenvalue weighted by Gasteiger charge is 2.16. The lowest BCUT2D eigenvalue weighted by Crippen LogP contribution is -2.06. The van der Waals surface area contributed by atoms with Gasteiger partial charge in [0.25, 0.3) is 6.43 Å². The molecule has 0 spiro atoms. The maximum Gasteiger partial charge on any atom is 0.264 e. The Hall–Kier alpha value is -1.72. The molecule has 16 heavy (non-hydrogen) atoms. The Morgan fingerprint density at radius 1 is 1.44 bits per heavy atom. The second kappa shape index (κ2) is 3.70. The summed E-state index contributed by atoms with van der Waals surface area (Å²) in [6, 6.07) is 0.973. The van der Waals surface area contributed by atoms with Gasteiger partial charge in [0.2, 0.25) is 5.56 Å². The number of nitrogens with one attached hydrogen (secondary N) is 1. The molecule has 0 aliphatic heterocycles. The van der Waals surface area contributed by atoms with E-state index in [4.69, 9.17) is 0 Å². The first kappa shape index (κ1) is 10.8. The van der Waals surface area contributed by atoms with E-state index in [1.54, 1.807) is 4.68 Å². The zero-order chi connectivity index (χ0) is 11.9. The van der Waals surface area contributed by atoms with Crippen molar-refractivity contribution in [3.8, 4) is 0 Å². The molecule has 0 atom stereocenters. The largest absolute Gasteiger partial charge is 0.305 e. The van der Waals surface area contributed by atoms with Crippen LogP contribution in [0.3, 0.4) is 0 Å². The fourth-order valence-corrected chi connectivity index (χ4v) is 1.51. The molecule has 0 aromatic carbocycles. The summed E-state index contributed by atoms with van der Waals surface area (Å²) < 4.78 is 26.9. The molecule has 0 saturated heterocycles. The Labute approximate surface area is 89.9 Å². The normalized spacial score (nSPS) is 11.9. The van der Waals surface area contributed by atoms with Crippen LogP contribution in [-0.2, 0) is 0 Å². The number of hydrogen-bond acceptors (Lipinski definition) is 2. The van der Waals surface area contributed by atoms with Crippen LogP contribution in [0, 0.1) is 0 Å². The van der Waals surface area contributed by atoms with Gasteiger partial charge in [-0.2, -0.15) is 5.10 Å². The smallest absolute Gasteiger partial charge is 0.264 e. The SMILES string of the molecule is CC(C)n1cc2c(C(F)F)cc(=O)[nH]c2n1. The third kappa shape index (κ3) is 1.70. The van der Waals surface area contributed by atoms with E-state index in [9.17, 15) is 13.6 Å². The molecule has 0 aliphatic rings. The quantitative estimate of drug-likeness (QED) is 0.855. The van der Waals surface area contributed by atoms with E-state index in [2.05, 4.69) is 10.1 Å². The van der Waals surface area contributed by atoms with Crippen molar-refractivity contribution >= 4 is 11.0 Å². The molecule has 2 aromatic rings. The van der Waals surface area contributed by atoms with Crippen molar-refractivity contribution in [1.82, 2.24) is 14.8 Å². The van der Waals surface area contributed by atoms with Crippen LogP contribution in [0.15, 0.2) is 17.1 Å². The molecule has 0 saturated carbocycles. The number of aromatic nitrogens is 3. The molecule has 4 nitrogen and oxygen atoms in total. The third-order valence-electron chi connectivity index (χ3n) is 2.34. The van der Waals surface area contributed by atoms with Gasteiger partial charge in [-0.3, -0.25) is 9.48 Å². The molecule has 0 aliphatic carbocycles. The maximum absolute atomic E-state index is 12.7. The summed E-state index contributed by atoms with van der Waals surface area (Å²) in [5.41, 5.74) is -0.626. The first-order chi connectivity index (χ1) is 7.49. The molecule has 0 bridgehead atoms. The molecule has 0 amide bonds. The lowest BCUT2D eigenvalue weighted by Gasteiger charge is -2.02. The lowest BCUT2D eigenvalue weighted by atomic mass is 10.2. The van der Waals surface area contributed by atoms with E-state index in [0.29, 0.717) is 5.39 Å². The van der Waals surface area contributed by atoms with E-state index in [1.165, 1.54) is 6.20 Å². The van der Waals surface area contributed by atoms with Crippen molar-refractivity contribution in [1.29, 1.82) is 0 Å². The van der Waals surface area contributed by atoms with Crippen LogP contribution >= 0.6 is 0 Å². The summed E-state index contributed by atoms with van der Waals surface area (Å²) >= 11 is 0. The van der Waals surface area contributed by atoms with Crippen molar-refractivity contribution in [2.24, 2.45) is 0 Å². The van der Waals surface area contributed by atoms with Gasteiger partial charge in [0.05, 0.1) is 0 Å². The Morgan fingerprint density at radius 2 is 2.12 bits per heavy atom. The molecular formula is C10H11F2N3O. The average molecular weight is 227 g/mol. The number of fused-ring (bicyclic) bond motifs is 1. The van der Waals surface area contributed by atoms with Gasteiger partial charge in [-0.25, -0.2) is 8.78 Å².